The highest BCUT2D eigenvalue weighted by Gasteiger charge is 2.26. The van der Waals surface area contributed by atoms with Gasteiger partial charge in [-0.1, -0.05) is 6.92 Å². The van der Waals surface area contributed by atoms with Gasteiger partial charge < -0.3 is 14.5 Å². The number of fused-ring (bicyclic) bond motifs is 1. The zero-order chi connectivity index (χ0) is 22.7. The van der Waals surface area contributed by atoms with E-state index in [9.17, 15) is 4.79 Å². The first-order chi connectivity index (χ1) is 15.4. The molecule has 1 atom stereocenters. The fourth-order valence-corrected chi connectivity index (χ4v) is 4.10. The molecule has 1 aliphatic rings. The largest absolute Gasteiger partial charge is 0.497 e. The second-order valence-electron chi connectivity index (χ2n) is 9.05. The van der Waals surface area contributed by atoms with Crippen LogP contribution in [0.1, 0.15) is 51.4 Å². The number of aromatic amines is 1. The van der Waals surface area contributed by atoms with Gasteiger partial charge in [-0.05, 0) is 67.8 Å². The Morgan fingerprint density at radius 3 is 2.88 bits per heavy atom. The highest BCUT2D eigenvalue weighted by atomic mass is 16.5. The summed E-state index contributed by atoms with van der Waals surface area (Å²) in [5.74, 6) is 1.54. The minimum absolute atomic E-state index is 0.0894. The fourth-order valence-electron chi connectivity index (χ4n) is 4.10. The monoisotopic (exact) mass is 440 g/mol. The van der Waals surface area contributed by atoms with Crippen molar-refractivity contribution in [2.45, 2.75) is 64.8 Å². The molecule has 0 spiro atoms. The van der Waals surface area contributed by atoms with E-state index >= 15 is 0 Å². The van der Waals surface area contributed by atoms with E-state index in [1.807, 2.05) is 28.9 Å². The Morgan fingerprint density at radius 1 is 1.31 bits per heavy atom. The van der Waals surface area contributed by atoms with Gasteiger partial charge in [-0.15, -0.1) is 5.10 Å². The van der Waals surface area contributed by atoms with Crippen molar-refractivity contribution in [2.24, 2.45) is 0 Å². The lowest BCUT2D eigenvalue weighted by molar-refractivity contribution is 0.0656. The van der Waals surface area contributed by atoms with Crippen molar-refractivity contribution in [3.63, 3.8) is 0 Å². The van der Waals surface area contributed by atoms with E-state index in [1.165, 1.54) is 0 Å². The zero-order valence-corrected chi connectivity index (χ0v) is 19.3. The third kappa shape index (κ3) is 4.83. The van der Waals surface area contributed by atoms with Crippen molar-refractivity contribution in [1.29, 1.82) is 0 Å². The average molecular weight is 441 g/mol. The van der Waals surface area contributed by atoms with Gasteiger partial charge in [0.15, 0.2) is 5.82 Å². The maximum Gasteiger partial charge on any atom is 0.252 e. The van der Waals surface area contributed by atoms with Gasteiger partial charge in [0.1, 0.15) is 5.75 Å². The number of nitrogens with one attached hydrogen (secondary N) is 1. The quantitative estimate of drug-likeness (QED) is 0.546. The number of ether oxygens (including phenoxy) is 2. The number of aromatic nitrogens is 5. The van der Waals surface area contributed by atoms with Gasteiger partial charge in [-0.3, -0.25) is 9.69 Å². The molecule has 4 rings (SSSR count). The maximum atomic E-state index is 12.8. The first kappa shape index (κ1) is 22.4. The number of H-pyrrole nitrogens is 1. The molecule has 0 amide bonds. The van der Waals surface area contributed by atoms with Crippen molar-refractivity contribution >= 4 is 10.9 Å². The summed E-state index contributed by atoms with van der Waals surface area (Å²) in [6.07, 6.45) is 3.14. The standard InChI is InChI=1S/C23H32N6O3/c1-5-23(2,3)29-21(25-26-27-29)15-28(14-19-7-6-10-32-19)13-17-11-16-12-18(31-4)8-9-20(16)24-22(17)30/h8-9,11-12,19H,5-7,10,13-15H2,1-4H3,(H,24,30). The predicted molar refractivity (Wildman–Crippen MR) is 122 cm³/mol. The number of pyridine rings is 1. The summed E-state index contributed by atoms with van der Waals surface area (Å²) < 4.78 is 13.1. The Morgan fingerprint density at radius 2 is 2.16 bits per heavy atom. The zero-order valence-electron chi connectivity index (χ0n) is 19.3. The topological polar surface area (TPSA) is 98.2 Å². The molecule has 1 fully saturated rings. The lowest BCUT2D eigenvalue weighted by Crippen LogP contribution is -2.36. The number of rotatable bonds is 9. The summed E-state index contributed by atoms with van der Waals surface area (Å²) in [5, 5.41) is 13.4. The van der Waals surface area contributed by atoms with Gasteiger partial charge in [0.25, 0.3) is 5.56 Å². The van der Waals surface area contributed by atoms with E-state index in [2.05, 4.69) is 46.2 Å². The van der Waals surface area contributed by atoms with E-state index in [-0.39, 0.29) is 17.2 Å². The summed E-state index contributed by atoms with van der Waals surface area (Å²) in [6, 6.07) is 7.59. The first-order valence-electron chi connectivity index (χ1n) is 11.2. The molecule has 172 valence electrons. The normalized spacial score (nSPS) is 16.8. The van der Waals surface area contributed by atoms with Gasteiger partial charge in [-0.25, -0.2) is 4.68 Å². The Kier molecular flexibility index (Phi) is 6.57. The molecule has 1 unspecified atom stereocenters. The van der Waals surface area contributed by atoms with Crippen LogP contribution < -0.4 is 10.3 Å². The van der Waals surface area contributed by atoms with Crippen LogP contribution in [0, 0.1) is 0 Å². The van der Waals surface area contributed by atoms with E-state index in [1.54, 1.807) is 7.11 Å². The number of hydrogen-bond donors (Lipinski definition) is 1. The van der Waals surface area contributed by atoms with Crippen LogP contribution in [0.3, 0.4) is 0 Å². The minimum Gasteiger partial charge on any atom is -0.497 e. The van der Waals surface area contributed by atoms with Crippen LogP contribution in [0.2, 0.25) is 0 Å². The highest BCUT2D eigenvalue weighted by Crippen LogP contribution is 2.23. The molecular formula is C23H32N6O3. The predicted octanol–water partition coefficient (Wildman–Crippen LogP) is 2.85. The molecule has 0 bridgehead atoms. The van der Waals surface area contributed by atoms with Crippen LogP contribution in [0.15, 0.2) is 29.1 Å². The number of benzene rings is 1. The summed E-state index contributed by atoms with van der Waals surface area (Å²) in [7, 11) is 1.64. The Bertz CT molecular complexity index is 1120. The van der Waals surface area contributed by atoms with Crippen LogP contribution >= 0.6 is 0 Å². The molecule has 0 saturated carbocycles. The minimum atomic E-state index is -0.189. The fraction of sp³-hybridized carbons (Fsp3) is 0.565. The van der Waals surface area contributed by atoms with Gasteiger partial charge in [0, 0.05) is 36.2 Å². The van der Waals surface area contributed by atoms with E-state index in [0.29, 0.717) is 18.7 Å². The van der Waals surface area contributed by atoms with Crippen LogP contribution in [0.5, 0.6) is 5.75 Å². The van der Waals surface area contributed by atoms with Gasteiger partial charge in [0.2, 0.25) is 0 Å². The molecule has 3 heterocycles. The third-order valence-corrected chi connectivity index (χ3v) is 6.35. The summed E-state index contributed by atoms with van der Waals surface area (Å²) in [5.41, 5.74) is 1.20. The molecule has 9 heteroatoms. The molecule has 1 saturated heterocycles. The summed E-state index contributed by atoms with van der Waals surface area (Å²) in [6.45, 7) is 8.88. The molecule has 0 aliphatic carbocycles. The molecule has 32 heavy (non-hydrogen) atoms. The summed E-state index contributed by atoms with van der Waals surface area (Å²) >= 11 is 0. The van der Waals surface area contributed by atoms with Crippen LogP contribution in [-0.2, 0) is 23.4 Å². The van der Waals surface area contributed by atoms with Crippen molar-refractivity contribution < 1.29 is 9.47 Å². The lowest BCUT2D eigenvalue weighted by Gasteiger charge is -2.28. The number of hydrogen-bond acceptors (Lipinski definition) is 7. The summed E-state index contributed by atoms with van der Waals surface area (Å²) in [4.78, 5) is 18.1. The lowest BCUT2D eigenvalue weighted by atomic mass is 10.0. The van der Waals surface area contributed by atoms with E-state index in [4.69, 9.17) is 9.47 Å². The van der Waals surface area contributed by atoms with Crippen LogP contribution in [0.25, 0.3) is 10.9 Å². The van der Waals surface area contributed by atoms with Crippen LogP contribution in [-0.4, -0.2) is 56.5 Å². The molecule has 1 aliphatic heterocycles. The SMILES string of the molecule is CCC(C)(C)n1nnnc1CN(Cc1cc2cc(OC)ccc2[nH]c1=O)CC1CCCO1. The van der Waals surface area contributed by atoms with Crippen LogP contribution in [0.4, 0.5) is 0 Å². The van der Waals surface area contributed by atoms with E-state index < -0.39 is 0 Å². The molecular weight excluding hydrogens is 408 g/mol. The Balaban J connectivity index is 1.63. The smallest absolute Gasteiger partial charge is 0.252 e. The van der Waals surface area contributed by atoms with Gasteiger partial charge >= 0.3 is 0 Å². The maximum absolute atomic E-state index is 12.8. The molecule has 0 radical (unpaired) electrons. The number of nitrogens with zero attached hydrogens (tertiary/aromatic N) is 5. The molecule has 1 N–H and O–H groups in total. The molecule has 2 aromatic heterocycles. The average Bonchev–Trinajstić information content (AvgIpc) is 3.46. The van der Waals surface area contributed by atoms with Crippen molar-refractivity contribution in [3.05, 3.63) is 46.0 Å². The van der Waals surface area contributed by atoms with Crippen molar-refractivity contribution in [1.82, 2.24) is 30.1 Å². The third-order valence-electron chi connectivity index (χ3n) is 6.35. The molecule has 9 nitrogen and oxygen atoms in total. The number of tetrazole rings is 1. The second-order valence-corrected chi connectivity index (χ2v) is 9.05. The van der Waals surface area contributed by atoms with E-state index in [0.717, 1.165) is 54.9 Å². The second kappa shape index (κ2) is 9.38. The number of methoxy groups -OCH3 is 1. The van der Waals surface area contributed by atoms with Gasteiger partial charge in [0.05, 0.1) is 25.3 Å². The highest BCUT2D eigenvalue weighted by molar-refractivity contribution is 5.80. The molecule has 1 aromatic carbocycles. The van der Waals surface area contributed by atoms with Gasteiger partial charge in [-0.2, -0.15) is 0 Å². The Labute approximate surface area is 187 Å². The first-order valence-corrected chi connectivity index (χ1v) is 11.2. The molecule has 3 aromatic rings. The van der Waals surface area contributed by atoms with Crippen molar-refractivity contribution in [2.75, 3.05) is 20.3 Å². The Hall–Kier alpha value is -2.78. The van der Waals surface area contributed by atoms with Crippen molar-refractivity contribution in [3.8, 4) is 5.75 Å².